The number of imidazole rings is 1. The summed E-state index contributed by atoms with van der Waals surface area (Å²) in [7, 11) is 0. The maximum absolute atomic E-state index is 13.2. The van der Waals surface area contributed by atoms with Crippen LogP contribution in [0.2, 0.25) is 5.02 Å². The van der Waals surface area contributed by atoms with Crippen LogP contribution in [-0.2, 0) is 20.1 Å². The van der Waals surface area contributed by atoms with Gasteiger partial charge in [-0.25, -0.2) is 14.6 Å². The Kier molecular flexibility index (Phi) is 4.87. The summed E-state index contributed by atoms with van der Waals surface area (Å²) in [6, 6.07) is 6.32. The molecule has 1 aliphatic heterocycles. The molecular weight excluding hydrogens is 464 g/mol. The van der Waals surface area contributed by atoms with E-state index in [0.29, 0.717) is 22.4 Å². The third kappa shape index (κ3) is 2.87. The standard InChI is InChI=1S/C24H25ClN2O7/c25-17-3-1-2-14(11-17)24(23(32)15-7-12-6-13(9-15)10-16(23)8-12)27-5-4-26-22(27)33-20(30)18(28)19(29)21(31)34-24/h1-5,11-13,15-16,18-19,28-29,32H,6-10H2. The number of nitrogens with zero attached hydrogens (tertiary/aromatic N) is 2. The molecule has 10 heteroatoms. The van der Waals surface area contributed by atoms with Gasteiger partial charge in [-0.1, -0.05) is 23.7 Å². The van der Waals surface area contributed by atoms with Crippen LogP contribution in [0.3, 0.4) is 0 Å². The number of rotatable bonds is 2. The molecule has 1 aromatic carbocycles. The number of hydrogen-bond donors (Lipinski definition) is 3. The number of carbonyl (C=O) groups is 2. The van der Waals surface area contributed by atoms with Crippen molar-refractivity contribution in [3.63, 3.8) is 0 Å². The summed E-state index contributed by atoms with van der Waals surface area (Å²) >= 11 is 6.36. The van der Waals surface area contributed by atoms with Crippen LogP contribution in [0.5, 0.6) is 6.01 Å². The van der Waals surface area contributed by atoms with Crippen LogP contribution in [0, 0.1) is 23.7 Å². The first kappa shape index (κ1) is 22.0. The molecule has 3 atom stereocenters. The zero-order valence-electron chi connectivity index (χ0n) is 18.2. The Morgan fingerprint density at radius 1 is 1.00 bits per heavy atom. The normalized spacial score (nSPS) is 41.2. The fourth-order valence-electron chi connectivity index (χ4n) is 7.13. The quantitative estimate of drug-likeness (QED) is 0.543. The molecule has 4 saturated carbocycles. The maximum Gasteiger partial charge on any atom is 0.346 e. The minimum atomic E-state index is -2.21. The van der Waals surface area contributed by atoms with Gasteiger partial charge in [0.2, 0.25) is 5.72 Å². The van der Waals surface area contributed by atoms with Crippen LogP contribution in [-0.4, -0.2) is 54.6 Å². The van der Waals surface area contributed by atoms with Gasteiger partial charge in [0.1, 0.15) is 5.60 Å². The third-order valence-corrected chi connectivity index (χ3v) is 8.54. The number of cyclic esters (lactones) is 1. The SMILES string of the molecule is O=C1Oc2nccn2C(c2cccc(Cl)c2)(C2(O)C3CC4CC(C3)CC2C4)OC(=O)C(O)C1O. The Morgan fingerprint density at radius 2 is 1.65 bits per heavy atom. The number of aliphatic hydroxyl groups is 3. The Bertz CT molecular complexity index is 1140. The number of aliphatic hydroxyl groups excluding tert-OH is 2. The van der Waals surface area contributed by atoms with Crippen LogP contribution in [0.25, 0.3) is 0 Å². The summed E-state index contributed by atoms with van der Waals surface area (Å²) < 4.78 is 12.7. The van der Waals surface area contributed by atoms with Crippen molar-refractivity contribution in [3.8, 4) is 6.01 Å². The molecule has 5 aliphatic rings. The van der Waals surface area contributed by atoms with Crippen molar-refractivity contribution >= 4 is 23.5 Å². The molecule has 2 heterocycles. The summed E-state index contributed by atoms with van der Waals surface area (Å²) in [5.41, 5.74) is -3.21. The second-order valence-corrected chi connectivity index (χ2v) is 10.5. The third-order valence-electron chi connectivity index (χ3n) is 8.31. The predicted octanol–water partition coefficient (Wildman–Crippen LogP) is 1.61. The largest absolute Gasteiger partial charge is 0.429 e. The van der Waals surface area contributed by atoms with Crippen molar-refractivity contribution in [1.29, 1.82) is 0 Å². The predicted molar refractivity (Wildman–Crippen MR) is 116 cm³/mol. The number of esters is 2. The minimum absolute atomic E-state index is 0.218. The summed E-state index contributed by atoms with van der Waals surface area (Å²) in [6.45, 7) is 0. The van der Waals surface area contributed by atoms with Gasteiger partial charge in [0.25, 0.3) is 0 Å². The summed E-state index contributed by atoms with van der Waals surface area (Å²) in [4.78, 5) is 29.8. The first-order valence-electron chi connectivity index (χ1n) is 11.6. The van der Waals surface area contributed by atoms with Gasteiger partial charge in [-0.05, 0) is 67.9 Å². The molecule has 0 radical (unpaired) electrons. The highest BCUT2D eigenvalue weighted by Crippen LogP contribution is 2.64. The van der Waals surface area contributed by atoms with Crippen molar-refractivity contribution in [2.75, 3.05) is 0 Å². The molecule has 4 bridgehead atoms. The molecule has 9 nitrogen and oxygen atoms in total. The lowest BCUT2D eigenvalue weighted by Crippen LogP contribution is -2.71. The number of halogens is 1. The number of benzene rings is 1. The molecule has 3 N–H and O–H groups in total. The lowest BCUT2D eigenvalue weighted by atomic mass is 9.47. The monoisotopic (exact) mass is 488 g/mol. The van der Waals surface area contributed by atoms with E-state index in [4.69, 9.17) is 21.1 Å². The van der Waals surface area contributed by atoms with Crippen LogP contribution in [0.4, 0.5) is 0 Å². The van der Waals surface area contributed by atoms with Crippen molar-refractivity contribution in [3.05, 3.63) is 47.2 Å². The molecule has 1 aromatic heterocycles. The van der Waals surface area contributed by atoms with E-state index < -0.39 is 35.5 Å². The molecule has 0 saturated heterocycles. The molecule has 180 valence electrons. The molecule has 0 amide bonds. The van der Waals surface area contributed by atoms with Crippen LogP contribution < -0.4 is 4.74 Å². The summed E-state index contributed by atoms with van der Waals surface area (Å²) in [5, 5.41) is 33.8. The highest BCUT2D eigenvalue weighted by Gasteiger charge is 2.70. The average Bonchev–Trinajstić information content (AvgIpc) is 3.27. The van der Waals surface area contributed by atoms with Gasteiger partial charge in [-0.2, -0.15) is 0 Å². The van der Waals surface area contributed by atoms with Crippen LogP contribution in [0.1, 0.15) is 37.7 Å². The molecular formula is C24H25ClN2O7. The van der Waals surface area contributed by atoms with E-state index in [1.807, 2.05) is 0 Å². The van der Waals surface area contributed by atoms with E-state index in [1.165, 1.54) is 17.0 Å². The van der Waals surface area contributed by atoms with E-state index in [1.54, 1.807) is 24.3 Å². The maximum atomic E-state index is 13.2. The van der Waals surface area contributed by atoms with E-state index in [-0.39, 0.29) is 17.8 Å². The molecule has 0 spiro atoms. The number of aromatic nitrogens is 2. The Hall–Kier alpha value is -2.46. The van der Waals surface area contributed by atoms with E-state index >= 15 is 0 Å². The number of ether oxygens (including phenoxy) is 2. The first-order chi connectivity index (χ1) is 16.2. The van der Waals surface area contributed by atoms with Crippen molar-refractivity contribution in [2.24, 2.45) is 23.7 Å². The van der Waals surface area contributed by atoms with Gasteiger partial charge in [-0.3, -0.25) is 4.57 Å². The average molecular weight is 489 g/mol. The van der Waals surface area contributed by atoms with Crippen LogP contribution >= 0.6 is 11.6 Å². The number of hydrogen-bond acceptors (Lipinski definition) is 8. The smallest absolute Gasteiger partial charge is 0.346 e. The lowest BCUT2D eigenvalue weighted by molar-refractivity contribution is -0.289. The highest BCUT2D eigenvalue weighted by atomic mass is 35.5. The lowest BCUT2D eigenvalue weighted by Gasteiger charge is -2.63. The molecule has 3 unspecified atom stereocenters. The fourth-order valence-corrected chi connectivity index (χ4v) is 7.32. The number of fused-ring (bicyclic) bond motifs is 1. The summed E-state index contributed by atoms with van der Waals surface area (Å²) in [6.07, 6.45) is 2.61. The summed E-state index contributed by atoms with van der Waals surface area (Å²) in [5.74, 6) is -1.98. The second kappa shape index (κ2) is 7.52. The van der Waals surface area contributed by atoms with Gasteiger partial charge < -0.3 is 24.8 Å². The first-order valence-corrected chi connectivity index (χ1v) is 11.9. The van der Waals surface area contributed by atoms with Crippen LogP contribution in [0.15, 0.2) is 36.7 Å². The topological polar surface area (TPSA) is 131 Å². The zero-order chi connectivity index (χ0) is 23.8. The van der Waals surface area contributed by atoms with Crippen molar-refractivity contribution in [1.82, 2.24) is 9.55 Å². The second-order valence-electron chi connectivity index (χ2n) is 10.1. The molecule has 4 fully saturated rings. The van der Waals surface area contributed by atoms with Gasteiger partial charge in [0.15, 0.2) is 12.2 Å². The zero-order valence-corrected chi connectivity index (χ0v) is 19.0. The number of carbonyl (C=O) groups excluding carboxylic acids is 2. The Balaban J connectivity index is 1.65. The van der Waals surface area contributed by atoms with Gasteiger partial charge in [0, 0.05) is 23.0 Å². The van der Waals surface area contributed by atoms with Gasteiger partial charge in [-0.15, -0.1) is 0 Å². The van der Waals surface area contributed by atoms with E-state index in [2.05, 4.69) is 4.98 Å². The van der Waals surface area contributed by atoms with E-state index in [0.717, 1.165) is 32.1 Å². The molecule has 34 heavy (non-hydrogen) atoms. The molecule has 7 rings (SSSR count). The fraction of sp³-hybridized carbons (Fsp3) is 0.542. The van der Waals surface area contributed by atoms with E-state index in [9.17, 15) is 24.9 Å². The van der Waals surface area contributed by atoms with Gasteiger partial charge >= 0.3 is 17.9 Å². The molecule has 4 aliphatic carbocycles. The Morgan fingerprint density at radius 3 is 2.29 bits per heavy atom. The Labute approximate surface area is 200 Å². The van der Waals surface area contributed by atoms with Crippen molar-refractivity contribution < 1.29 is 34.4 Å². The van der Waals surface area contributed by atoms with Crippen molar-refractivity contribution in [2.45, 2.75) is 55.6 Å². The minimum Gasteiger partial charge on any atom is -0.429 e. The molecule has 2 aromatic rings. The van der Waals surface area contributed by atoms with Gasteiger partial charge in [0.05, 0.1) is 0 Å². The highest BCUT2D eigenvalue weighted by molar-refractivity contribution is 6.30.